The Hall–Kier alpha value is -3.57. The maximum absolute atomic E-state index is 12.8. The molecule has 1 aliphatic rings. The smallest absolute Gasteiger partial charge is 0.337 e. The first-order valence-corrected chi connectivity index (χ1v) is 9.97. The Balaban J connectivity index is 1.51. The van der Waals surface area contributed by atoms with E-state index < -0.39 is 0 Å². The second-order valence-electron chi connectivity index (χ2n) is 7.05. The molecule has 4 rings (SSSR count). The Labute approximate surface area is 184 Å². The number of halogens is 1. The molecule has 0 bridgehead atoms. The molecule has 0 saturated carbocycles. The maximum Gasteiger partial charge on any atom is 0.337 e. The van der Waals surface area contributed by atoms with Crippen LogP contribution in [0.2, 0.25) is 5.02 Å². The van der Waals surface area contributed by atoms with E-state index in [1.54, 1.807) is 48.5 Å². The lowest BCUT2D eigenvalue weighted by Gasteiger charge is -2.09. The monoisotopic (exact) mass is 434 g/mol. The van der Waals surface area contributed by atoms with E-state index >= 15 is 0 Å². The first-order chi connectivity index (χ1) is 15.0. The molecule has 5 nitrogen and oxygen atoms in total. The van der Waals surface area contributed by atoms with E-state index in [4.69, 9.17) is 25.8 Å². The first kappa shape index (κ1) is 20.7. The van der Waals surface area contributed by atoms with Crippen molar-refractivity contribution in [2.45, 2.75) is 13.5 Å². The van der Waals surface area contributed by atoms with Gasteiger partial charge in [-0.25, -0.2) is 4.79 Å². The van der Waals surface area contributed by atoms with E-state index in [2.05, 4.69) is 0 Å². The highest BCUT2D eigenvalue weighted by molar-refractivity contribution is 6.32. The lowest BCUT2D eigenvalue weighted by molar-refractivity contribution is 0.0600. The van der Waals surface area contributed by atoms with Crippen molar-refractivity contribution in [2.24, 2.45) is 0 Å². The molecule has 0 atom stereocenters. The minimum atomic E-state index is -0.385. The number of hydrogen-bond donors (Lipinski definition) is 0. The van der Waals surface area contributed by atoms with Crippen LogP contribution in [0, 0.1) is 6.92 Å². The Morgan fingerprint density at radius 3 is 2.55 bits per heavy atom. The number of ether oxygens (including phenoxy) is 3. The number of Topliss-reactive ketones (excluding diaryl/α,β-unsaturated/α-hetero) is 1. The number of methoxy groups -OCH3 is 1. The molecule has 0 amide bonds. The minimum absolute atomic E-state index is 0.183. The summed E-state index contributed by atoms with van der Waals surface area (Å²) >= 11 is 6.20. The molecule has 0 fully saturated rings. The Bertz CT molecular complexity index is 1200. The molecule has 0 unspecified atom stereocenters. The van der Waals surface area contributed by atoms with Crippen LogP contribution in [0.15, 0.2) is 66.4 Å². The average molecular weight is 435 g/mol. The van der Waals surface area contributed by atoms with Gasteiger partial charge in [0.05, 0.1) is 18.2 Å². The summed E-state index contributed by atoms with van der Waals surface area (Å²) in [6, 6.07) is 17.7. The number of carbonyl (C=O) groups is 2. The van der Waals surface area contributed by atoms with Crippen LogP contribution in [0.3, 0.4) is 0 Å². The molecule has 0 aliphatic carbocycles. The van der Waals surface area contributed by atoms with E-state index in [-0.39, 0.29) is 17.5 Å². The molecule has 0 saturated heterocycles. The fourth-order valence-corrected chi connectivity index (χ4v) is 3.51. The van der Waals surface area contributed by atoms with E-state index in [0.29, 0.717) is 39.8 Å². The van der Waals surface area contributed by atoms with Crippen molar-refractivity contribution in [3.63, 3.8) is 0 Å². The van der Waals surface area contributed by atoms with Crippen LogP contribution < -0.4 is 9.47 Å². The molecule has 0 radical (unpaired) electrons. The molecule has 1 heterocycles. The van der Waals surface area contributed by atoms with Gasteiger partial charge < -0.3 is 14.2 Å². The largest absolute Gasteiger partial charge is 0.489 e. The van der Waals surface area contributed by atoms with Crippen LogP contribution in [0.25, 0.3) is 6.08 Å². The number of allylic oxidation sites excluding steroid dienone is 1. The Morgan fingerprint density at radius 2 is 1.84 bits per heavy atom. The third kappa shape index (κ3) is 4.32. The predicted octanol–water partition coefficient (Wildman–Crippen LogP) is 5.63. The van der Waals surface area contributed by atoms with Crippen molar-refractivity contribution in [1.29, 1.82) is 0 Å². The van der Waals surface area contributed by atoms with E-state index in [0.717, 1.165) is 11.1 Å². The molecule has 31 heavy (non-hydrogen) atoms. The van der Waals surface area contributed by atoms with Gasteiger partial charge in [-0.05, 0) is 54.0 Å². The van der Waals surface area contributed by atoms with Crippen LogP contribution in [-0.4, -0.2) is 18.9 Å². The van der Waals surface area contributed by atoms with Crippen molar-refractivity contribution in [3.05, 3.63) is 99.3 Å². The van der Waals surface area contributed by atoms with Crippen molar-refractivity contribution < 1.29 is 23.8 Å². The summed E-state index contributed by atoms with van der Waals surface area (Å²) in [7, 11) is 1.34. The Morgan fingerprint density at radius 1 is 1.10 bits per heavy atom. The number of benzene rings is 3. The third-order valence-electron chi connectivity index (χ3n) is 4.92. The van der Waals surface area contributed by atoms with Gasteiger partial charge in [-0.3, -0.25) is 4.79 Å². The summed E-state index contributed by atoms with van der Waals surface area (Å²) in [4.78, 5) is 24.4. The van der Waals surface area contributed by atoms with Crippen LogP contribution in [0.4, 0.5) is 0 Å². The average Bonchev–Trinajstić information content (AvgIpc) is 3.09. The second-order valence-corrected chi connectivity index (χ2v) is 7.46. The molecule has 156 valence electrons. The van der Waals surface area contributed by atoms with Gasteiger partial charge in [0.25, 0.3) is 0 Å². The number of ketones is 1. The number of rotatable bonds is 5. The lowest BCUT2D eigenvalue weighted by Crippen LogP contribution is -2.02. The summed E-state index contributed by atoms with van der Waals surface area (Å²) in [5.41, 5.74) is 3.37. The normalized spacial score (nSPS) is 13.6. The van der Waals surface area contributed by atoms with Gasteiger partial charge in [0.15, 0.2) is 5.76 Å². The fraction of sp³-hybridized carbons (Fsp3) is 0.120. The molecular weight excluding hydrogens is 416 g/mol. The third-order valence-corrected chi connectivity index (χ3v) is 5.26. The highest BCUT2D eigenvalue weighted by atomic mass is 35.5. The van der Waals surface area contributed by atoms with Gasteiger partial charge in [0, 0.05) is 11.1 Å². The highest BCUT2D eigenvalue weighted by Crippen LogP contribution is 2.38. The predicted molar refractivity (Wildman–Crippen MR) is 118 cm³/mol. The molecule has 3 aromatic carbocycles. The molecule has 1 aliphatic heterocycles. The Kier molecular flexibility index (Phi) is 5.78. The second kappa shape index (κ2) is 8.66. The number of hydrogen-bond acceptors (Lipinski definition) is 5. The van der Waals surface area contributed by atoms with Gasteiger partial charge in [-0.15, -0.1) is 0 Å². The standard InChI is InChI=1S/C25H19ClO5/c1-15-11-19(30-14-16-7-9-17(10-8-16)25(28)29-2)13-21-23(15)24(27)22(31-21)12-18-5-3-4-6-20(18)26/h3-13H,14H2,1-2H3/b22-12-. The summed E-state index contributed by atoms with van der Waals surface area (Å²) in [5.74, 6) is 0.697. The zero-order valence-electron chi connectivity index (χ0n) is 17.0. The number of aryl methyl sites for hydroxylation is 1. The summed E-state index contributed by atoms with van der Waals surface area (Å²) < 4.78 is 16.4. The summed E-state index contributed by atoms with van der Waals surface area (Å²) in [6.07, 6.45) is 1.65. The molecular formula is C25H19ClO5. The van der Waals surface area contributed by atoms with Gasteiger partial charge in [0.1, 0.15) is 18.1 Å². The SMILES string of the molecule is COC(=O)c1ccc(COc2cc(C)c3c(c2)O/C(=C\c2ccccc2Cl)C3=O)cc1. The van der Waals surface area contributed by atoms with Crippen LogP contribution >= 0.6 is 11.6 Å². The van der Waals surface area contributed by atoms with Gasteiger partial charge in [-0.2, -0.15) is 0 Å². The van der Waals surface area contributed by atoms with Crippen molar-refractivity contribution in [2.75, 3.05) is 7.11 Å². The van der Waals surface area contributed by atoms with Gasteiger partial charge in [-0.1, -0.05) is 41.9 Å². The summed E-state index contributed by atoms with van der Waals surface area (Å²) in [6.45, 7) is 2.15. The topological polar surface area (TPSA) is 61.8 Å². The molecule has 3 aromatic rings. The first-order valence-electron chi connectivity index (χ1n) is 9.59. The van der Waals surface area contributed by atoms with E-state index in [1.807, 2.05) is 25.1 Å². The molecule has 0 spiro atoms. The quantitative estimate of drug-likeness (QED) is 0.384. The van der Waals surface area contributed by atoms with Crippen molar-refractivity contribution in [1.82, 2.24) is 0 Å². The van der Waals surface area contributed by atoms with Crippen molar-refractivity contribution in [3.8, 4) is 11.5 Å². The number of esters is 1. The van der Waals surface area contributed by atoms with Crippen LogP contribution in [0.1, 0.15) is 37.4 Å². The van der Waals surface area contributed by atoms with Gasteiger partial charge in [0.2, 0.25) is 5.78 Å². The summed E-state index contributed by atoms with van der Waals surface area (Å²) in [5, 5.41) is 0.543. The number of fused-ring (bicyclic) bond motifs is 1. The lowest BCUT2D eigenvalue weighted by atomic mass is 10.0. The molecule has 6 heteroatoms. The van der Waals surface area contributed by atoms with E-state index in [1.165, 1.54) is 7.11 Å². The zero-order chi connectivity index (χ0) is 22.0. The number of carbonyl (C=O) groups excluding carboxylic acids is 2. The van der Waals surface area contributed by atoms with Crippen LogP contribution in [-0.2, 0) is 11.3 Å². The fourth-order valence-electron chi connectivity index (χ4n) is 3.32. The van der Waals surface area contributed by atoms with Crippen LogP contribution in [0.5, 0.6) is 11.5 Å². The molecule has 0 N–H and O–H groups in total. The highest BCUT2D eigenvalue weighted by Gasteiger charge is 2.30. The van der Waals surface area contributed by atoms with Crippen molar-refractivity contribution >= 4 is 29.4 Å². The zero-order valence-corrected chi connectivity index (χ0v) is 17.7. The minimum Gasteiger partial charge on any atom is -0.489 e. The molecule has 0 aromatic heterocycles. The maximum atomic E-state index is 12.8. The van der Waals surface area contributed by atoms with E-state index in [9.17, 15) is 9.59 Å². The van der Waals surface area contributed by atoms with Gasteiger partial charge >= 0.3 is 5.97 Å².